The highest BCUT2D eigenvalue weighted by atomic mass is 35.5. The van der Waals surface area contributed by atoms with E-state index in [0.717, 1.165) is 4.90 Å². The van der Waals surface area contributed by atoms with Gasteiger partial charge in [-0.2, -0.15) is 0 Å². The van der Waals surface area contributed by atoms with Crippen LogP contribution in [0.1, 0.15) is 27.2 Å². The summed E-state index contributed by atoms with van der Waals surface area (Å²) >= 11 is 11.5. The molecule has 0 radical (unpaired) electrons. The number of imide groups is 1. The first kappa shape index (κ1) is 19.3. The van der Waals surface area contributed by atoms with E-state index in [1.165, 1.54) is 18.2 Å². The second-order valence-corrected chi connectivity index (χ2v) is 5.78. The van der Waals surface area contributed by atoms with Gasteiger partial charge in [-0.05, 0) is 32.0 Å². The smallest absolute Gasteiger partial charge is 0.329 e. The van der Waals surface area contributed by atoms with Crippen LogP contribution in [0.25, 0.3) is 0 Å². The molecule has 3 amide bonds. The van der Waals surface area contributed by atoms with E-state index in [0.29, 0.717) is 22.2 Å². The maximum Gasteiger partial charge on any atom is 0.329 e. The minimum atomic E-state index is -0.460. The first-order valence-electron chi connectivity index (χ1n) is 7.01. The predicted molar refractivity (Wildman–Crippen MR) is 88.9 cm³/mol. The molecule has 1 aliphatic heterocycles. The fraction of sp³-hybridized carbons (Fsp3) is 0.400. The van der Waals surface area contributed by atoms with E-state index in [1.54, 1.807) is 6.92 Å². The summed E-state index contributed by atoms with van der Waals surface area (Å²) in [6.45, 7) is 5.47. The third-order valence-corrected chi connectivity index (χ3v) is 3.04. The van der Waals surface area contributed by atoms with Gasteiger partial charge >= 0.3 is 12.0 Å². The standard InChI is InChI=1S/C9H6Cl2N2O2.C6H12O2/c10-5-1-6(11)3-7(2-5)13-8(14)4-12-9(13)15;1-4-6(7)8-5(2)3/h1-3H,4H2,(H,12,15);5H,4H2,1-3H3. The molecule has 0 aliphatic carbocycles. The van der Waals surface area contributed by atoms with Gasteiger partial charge in [0.05, 0.1) is 18.3 Å². The zero-order chi connectivity index (χ0) is 17.6. The Kier molecular flexibility index (Phi) is 7.32. The Bertz CT molecular complexity index is 569. The molecule has 0 spiro atoms. The Morgan fingerprint density at radius 1 is 1.26 bits per heavy atom. The van der Waals surface area contributed by atoms with E-state index in [-0.39, 0.29) is 24.5 Å². The van der Waals surface area contributed by atoms with Crippen molar-refractivity contribution in [3.05, 3.63) is 28.2 Å². The summed E-state index contributed by atoms with van der Waals surface area (Å²) < 4.78 is 4.76. The van der Waals surface area contributed by atoms with Crippen LogP contribution in [0.2, 0.25) is 10.0 Å². The summed E-state index contributed by atoms with van der Waals surface area (Å²) in [4.78, 5) is 34.1. The number of benzene rings is 1. The van der Waals surface area contributed by atoms with Gasteiger partial charge < -0.3 is 10.1 Å². The first-order chi connectivity index (χ1) is 10.7. The second kappa shape index (κ2) is 8.74. The van der Waals surface area contributed by atoms with Crippen molar-refractivity contribution in [1.82, 2.24) is 5.32 Å². The van der Waals surface area contributed by atoms with E-state index in [4.69, 9.17) is 27.9 Å². The average Bonchev–Trinajstić information content (AvgIpc) is 2.77. The molecule has 8 heteroatoms. The predicted octanol–water partition coefficient (Wildman–Crippen LogP) is 3.40. The van der Waals surface area contributed by atoms with Gasteiger partial charge in [0.2, 0.25) is 0 Å². The maximum absolute atomic E-state index is 11.4. The van der Waals surface area contributed by atoms with Crippen LogP contribution in [0, 0.1) is 0 Å². The lowest BCUT2D eigenvalue weighted by molar-refractivity contribution is -0.146. The van der Waals surface area contributed by atoms with Crippen molar-refractivity contribution in [1.29, 1.82) is 0 Å². The molecule has 0 unspecified atom stereocenters. The molecule has 1 N–H and O–H groups in total. The number of urea groups is 1. The Balaban J connectivity index is 0.000000284. The number of nitrogens with one attached hydrogen (secondary N) is 1. The summed E-state index contributed by atoms with van der Waals surface area (Å²) in [6.07, 6.45) is 0.500. The Hall–Kier alpha value is -1.79. The minimum absolute atomic E-state index is 0.00294. The lowest BCUT2D eigenvalue weighted by Gasteiger charge is -2.12. The molecule has 1 aliphatic rings. The van der Waals surface area contributed by atoms with E-state index in [1.807, 2.05) is 13.8 Å². The molecular weight excluding hydrogens is 343 g/mol. The third kappa shape index (κ3) is 6.08. The summed E-state index contributed by atoms with van der Waals surface area (Å²) in [5.41, 5.74) is 0.382. The summed E-state index contributed by atoms with van der Waals surface area (Å²) in [7, 11) is 0. The molecule has 126 valence electrons. The van der Waals surface area contributed by atoms with E-state index >= 15 is 0 Å². The Morgan fingerprint density at radius 2 is 1.83 bits per heavy atom. The van der Waals surface area contributed by atoms with Gasteiger partial charge in [0, 0.05) is 16.5 Å². The minimum Gasteiger partial charge on any atom is -0.463 e. The van der Waals surface area contributed by atoms with Crippen LogP contribution < -0.4 is 10.2 Å². The molecule has 1 aromatic carbocycles. The topological polar surface area (TPSA) is 75.7 Å². The SMILES string of the molecule is CCC(=O)OC(C)C.O=C1CNC(=O)N1c1cc(Cl)cc(Cl)c1. The molecular formula is C15H18Cl2N2O4. The molecule has 2 rings (SSSR count). The van der Waals surface area contributed by atoms with Crippen molar-refractivity contribution < 1.29 is 19.1 Å². The van der Waals surface area contributed by atoms with Crippen molar-refractivity contribution in [3.8, 4) is 0 Å². The number of nitrogens with zero attached hydrogens (tertiary/aromatic N) is 1. The number of hydrogen-bond donors (Lipinski definition) is 1. The van der Waals surface area contributed by atoms with Crippen LogP contribution in [0.4, 0.5) is 10.5 Å². The van der Waals surface area contributed by atoms with Crippen LogP contribution in [-0.4, -0.2) is 30.6 Å². The van der Waals surface area contributed by atoms with Crippen molar-refractivity contribution in [2.45, 2.75) is 33.3 Å². The quantitative estimate of drug-likeness (QED) is 0.661. The molecule has 1 heterocycles. The number of halogens is 2. The number of carbonyl (C=O) groups is 3. The average molecular weight is 361 g/mol. The summed E-state index contributed by atoms with van der Waals surface area (Å²) in [6, 6.07) is 4.09. The second-order valence-electron chi connectivity index (χ2n) is 4.91. The summed E-state index contributed by atoms with van der Waals surface area (Å²) in [5.74, 6) is -0.446. The molecule has 0 aromatic heterocycles. The summed E-state index contributed by atoms with van der Waals surface area (Å²) in [5, 5.41) is 3.17. The van der Waals surface area contributed by atoms with Gasteiger partial charge in [-0.1, -0.05) is 30.1 Å². The van der Waals surface area contributed by atoms with E-state index in [9.17, 15) is 14.4 Å². The lowest BCUT2D eigenvalue weighted by atomic mass is 10.3. The number of hydrogen-bond acceptors (Lipinski definition) is 4. The number of amides is 3. The largest absolute Gasteiger partial charge is 0.463 e. The first-order valence-corrected chi connectivity index (χ1v) is 7.76. The van der Waals surface area contributed by atoms with Crippen LogP contribution in [0.3, 0.4) is 0 Å². The van der Waals surface area contributed by atoms with Gasteiger partial charge in [0.25, 0.3) is 5.91 Å². The van der Waals surface area contributed by atoms with Gasteiger partial charge in [0.1, 0.15) is 0 Å². The monoisotopic (exact) mass is 360 g/mol. The van der Waals surface area contributed by atoms with Gasteiger partial charge in [0.15, 0.2) is 0 Å². The number of ether oxygens (including phenoxy) is 1. The van der Waals surface area contributed by atoms with Crippen molar-refractivity contribution in [2.24, 2.45) is 0 Å². The Morgan fingerprint density at radius 3 is 2.17 bits per heavy atom. The normalized spacial score (nSPS) is 13.6. The molecule has 23 heavy (non-hydrogen) atoms. The zero-order valence-electron chi connectivity index (χ0n) is 13.1. The molecule has 0 bridgehead atoms. The van der Waals surface area contributed by atoms with Crippen molar-refractivity contribution in [2.75, 3.05) is 11.4 Å². The van der Waals surface area contributed by atoms with Gasteiger partial charge in [-0.3, -0.25) is 9.59 Å². The van der Waals surface area contributed by atoms with E-state index in [2.05, 4.69) is 5.32 Å². The fourth-order valence-electron chi connectivity index (χ4n) is 1.70. The highest BCUT2D eigenvalue weighted by molar-refractivity contribution is 6.35. The van der Waals surface area contributed by atoms with E-state index < -0.39 is 6.03 Å². The molecule has 1 fully saturated rings. The van der Waals surface area contributed by atoms with Crippen molar-refractivity contribution >= 4 is 46.8 Å². The maximum atomic E-state index is 11.4. The highest BCUT2D eigenvalue weighted by Crippen LogP contribution is 2.26. The molecule has 0 saturated carbocycles. The number of carbonyl (C=O) groups excluding carboxylic acids is 3. The molecule has 0 atom stereocenters. The lowest BCUT2D eigenvalue weighted by Crippen LogP contribution is -2.30. The third-order valence-electron chi connectivity index (χ3n) is 2.60. The van der Waals surface area contributed by atoms with Crippen LogP contribution in [-0.2, 0) is 14.3 Å². The van der Waals surface area contributed by atoms with Crippen LogP contribution in [0.15, 0.2) is 18.2 Å². The molecule has 1 saturated heterocycles. The molecule has 6 nitrogen and oxygen atoms in total. The number of rotatable bonds is 3. The van der Waals surface area contributed by atoms with Crippen LogP contribution in [0.5, 0.6) is 0 Å². The fourth-order valence-corrected chi connectivity index (χ4v) is 2.21. The number of esters is 1. The van der Waals surface area contributed by atoms with Gasteiger partial charge in [-0.25, -0.2) is 9.69 Å². The van der Waals surface area contributed by atoms with Gasteiger partial charge in [-0.15, -0.1) is 0 Å². The number of anilines is 1. The van der Waals surface area contributed by atoms with Crippen LogP contribution >= 0.6 is 23.2 Å². The Labute approximate surface area is 144 Å². The van der Waals surface area contributed by atoms with Crippen molar-refractivity contribution in [3.63, 3.8) is 0 Å². The molecule has 1 aromatic rings. The highest BCUT2D eigenvalue weighted by Gasteiger charge is 2.30. The zero-order valence-corrected chi connectivity index (χ0v) is 14.6.